The molecular formula is C14H18N2O4S2. The van der Waals surface area contributed by atoms with Gasteiger partial charge in [0.2, 0.25) is 0 Å². The number of anilines is 1. The fraction of sp³-hybridized carbons (Fsp3) is 0.357. The number of aryl methyl sites for hydroxylation is 1. The molecule has 0 saturated carbocycles. The standard InChI is InChI=1S/C14H18N2O4S2/c1-9(2)6-11-8-21-14(13(11)19-5)22(17,18)16(4)12-7-10(3)20-15-12/h6-8H,1-5H3. The van der Waals surface area contributed by atoms with Crippen molar-refractivity contribution in [2.75, 3.05) is 18.5 Å². The second kappa shape index (κ2) is 6.13. The summed E-state index contributed by atoms with van der Waals surface area (Å²) in [4.78, 5) is 0. The summed E-state index contributed by atoms with van der Waals surface area (Å²) in [5.41, 5.74) is 1.80. The average Bonchev–Trinajstić information content (AvgIpc) is 3.03. The summed E-state index contributed by atoms with van der Waals surface area (Å²) in [6, 6.07) is 1.56. The maximum absolute atomic E-state index is 12.8. The second-order valence-corrected chi connectivity index (χ2v) is 8.05. The number of rotatable bonds is 5. The van der Waals surface area contributed by atoms with Gasteiger partial charge in [-0.05, 0) is 20.8 Å². The zero-order chi connectivity index (χ0) is 16.5. The van der Waals surface area contributed by atoms with Crippen LogP contribution in [0.15, 0.2) is 25.8 Å². The lowest BCUT2D eigenvalue weighted by atomic mass is 10.2. The number of nitrogens with zero attached hydrogens (tertiary/aromatic N) is 2. The Morgan fingerprint density at radius 3 is 2.64 bits per heavy atom. The first-order valence-corrected chi connectivity index (χ1v) is 8.82. The molecule has 0 aliphatic carbocycles. The van der Waals surface area contributed by atoms with E-state index in [1.165, 1.54) is 14.2 Å². The van der Waals surface area contributed by atoms with Gasteiger partial charge in [0.1, 0.15) is 5.76 Å². The van der Waals surface area contributed by atoms with Crippen LogP contribution in [0.4, 0.5) is 5.82 Å². The molecule has 6 nitrogen and oxygen atoms in total. The van der Waals surface area contributed by atoms with E-state index in [9.17, 15) is 8.42 Å². The molecule has 0 aliphatic rings. The summed E-state index contributed by atoms with van der Waals surface area (Å²) in [7, 11) is -0.862. The molecule has 120 valence electrons. The lowest BCUT2D eigenvalue weighted by Gasteiger charge is -2.15. The van der Waals surface area contributed by atoms with Gasteiger partial charge < -0.3 is 9.26 Å². The number of allylic oxidation sites excluding steroid dienone is 1. The highest BCUT2D eigenvalue weighted by molar-refractivity contribution is 7.94. The summed E-state index contributed by atoms with van der Waals surface area (Å²) in [6.07, 6.45) is 1.88. The van der Waals surface area contributed by atoms with Crippen molar-refractivity contribution < 1.29 is 17.7 Å². The third-order valence-electron chi connectivity index (χ3n) is 2.92. The SMILES string of the molecule is COc1c(C=C(C)C)csc1S(=O)(=O)N(C)c1cc(C)on1. The van der Waals surface area contributed by atoms with Crippen LogP contribution in [0.1, 0.15) is 25.2 Å². The Balaban J connectivity index is 2.50. The third kappa shape index (κ3) is 3.02. The smallest absolute Gasteiger partial charge is 0.278 e. The van der Waals surface area contributed by atoms with Crippen molar-refractivity contribution in [1.29, 1.82) is 0 Å². The van der Waals surface area contributed by atoms with Crippen LogP contribution in [0.3, 0.4) is 0 Å². The van der Waals surface area contributed by atoms with Crippen molar-refractivity contribution in [2.45, 2.75) is 25.0 Å². The van der Waals surface area contributed by atoms with E-state index in [0.717, 1.165) is 26.8 Å². The van der Waals surface area contributed by atoms with Crippen LogP contribution < -0.4 is 9.04 Å². The van der Waals surface area contributed by atoms with Gasteiger partial charge in [0.15, 0.2) is 15.8 Å². The molecule has 0 fully saturated rings. The van der Waals surface area contributed by atoms with Crippen molar-refractivity contribution in [2.24, 2.45) is 0 Å². The lowest BCUT2D eigenvalue weighted by Crippen LogP contribution is -2.26. The molecule has 2 aromatic rings. The Morgan fingerprint density at radius 2 is 2.14 bits per heavy atom. The van der Waals surface area contributed by atoms with Crippen LogP contribution in [0.2, 0.25) is 0 Å². The monoisotopic (exact) mass is 342 g/mol. The summed E-state index contributed by atoms with van der Waals surface area (Å²) in [5.74, 6) is 1.12. The van der Waals surface area contributed by atoms with Gasteiger partial charge in [-0.15, -0.1) is 11.3 Å². The lowest BCUT2D eigenvalue weighted by molar-refractivity contribution is 0.398. The topological polar surface area (TPSA) is 72.6 Å². The van der Waals surface area contributed by atoms with E-state index in [2.05, 4.69) is 5.16 Å². The van der Waals surface area contributed by atoms with Crippen LogP contribution in [0, 0.1) is 6.92 Å². The molecule has 0 aliphatic heterocycles. The molecule has 0 radical (unpaired) electrons. The van der Waals surface area contributed by atoms with Crippen molar-refractivity contribution in [3.8, 4) is 5.75 Å². The van der Waals surface area contributed by atoms with Gasteiger partial charge in [0.05, 0.1) is 7.11 Å². The predicted molar refractivity (Wildman–Crippen MR) is 87.0 cm³/mol. The molecular weight excluding hydrogens is 324 g/mol. The highest BCUT2D eigenvalue weighted by Crippen LogP contribution is 2.38. The van der Waals surface area contributed by atoms with Crippen molar-refractivity contribution in [3.05, 3.63) is 28.3 Å². The molecule has 22 heavy (non-hydrogen) atoms. The molecule has 0 amide bonds. The van der Waals surface area contributed by atoms with E-state index in [1.54, 1.807) is 18.4 Å². The minimum atomic E-state index is -3.76. The summed E-state index contributed by atoms with van der Waals surface area (Å²) >= 11 is 1.12. The Kier molecular flexibility index (Phi) is 4.62. The van der Waals surface area contributed by atoms with Gasteiger partial charge in [-0.3, -0.25) is 0 Å². The Labute approximate surface area is 134 Å². The molecule has 0 atom stereocenters. The molecule has 0 aromatic carbocycles. The molecule has 0 spiro atoms. The van der Waals surface area contributed by atoms with Crippen LogP contribution in [0.25, 0.3) is 6.08 Å². The van der Waals surface area contributed by atoms with E-state index in [-0.39, 0.29) is 10.0 Å². The van der Waals surface area contributed by atoms with Crippen molar-refractivity contribution in [3.63, 3.8) is 0 Å². The molecule has 2 rings (SSSR count). The number of hydrogen-bond acceptors (Lipinski definition) is 6. The van der Waals surface area contributed by atoms with E-state index >= 15 is 0 Å². The molecule has 0 N–H and O–H groups in total. The maximum Gasteiger partial charge on any atom is 0.278 e. The first kappa shape index (κ1) is 16.6. The molecule has 0 saturated heterocycles. The number of sulfonamides is 1. The summed E-state index contributed by atoms with van der Waals surface area (Å²) in [5, 5.41) is 5.51. The highest BCUT2D eigenvalue weighted by atomic mass is 32.2. The van der Waals surface area contributed by atoms with Gasteiger partial charge in [-0.25, -0.2) is 4.31 Å². The molecule has 0 bridgehead atoms. The largest absolute Gasteiger partial charge is 0.494 e. The maximum atomic E-state index is 12.8. The van der Waals surface area contributed by atoms with Crippen LogP contribution in [-0.4, -0.2) is 27.7 Å². The van der Waals surface area contributed by atoms with Gasteiger partial charge in [-0.2, -0.15) is 8.42 Å². The predicted octanol–water partition coefficient (Wildman–Crippen LogP) is 3.30. The average molecular weight is 342 g/mol. The molecule has 2 heterocycles. The Hall–Kier alpha value is -1.80. The quantitative estimate of drug-likeness (QED) is 0.833. The summed E-state index contributed by atoms with van der Waals surface area (Å²) in [6.45, 7) is 5.58. The minimum absolute atomic E-state index is 0.144. The molecule has 0 unspecified atom stereocenters. The second-order valence-electron chi connectivity index (χ2n) is 5.00. The van der Waals surface area contributed by atoms with Crippen molar-refractivity contribution >= 4 is 33.3 Å². The van der Waals surface area contributed by atoms with Gasteiger partial charge in [0.25, 0.3) is 10.0 Å². The minimum Gasteiger partial charge on any atom is -0.494 e. The Bertz CT molecular complexity index is 799. The van der Waals surface area contributed by atoms with Crippen LogP contribution in [-0.2, 0) is 10.0 Å². The Morgan fingerprint density at radius 1 is 1.45 bits per heavy atom. The number of ether oxygens (including phenoxy) is 1. The van der Waals surface area contributed by atoms with E-state index in [1.807, 2.05) is 19.9 Å². The van der Waals surface area contributed by atoms with Crippen LogP contribution in [0.5, 0.6) is 5.75 Å². The first-order chi connectivity index (χ1) is 10.3. The van der Waals surface area contributed by atoms with Crippen LogP contribution >= 0.6 is 11.3 Å². The van der Waals surface area contributed by atoms with Gasteiger partial charge in [-0.1, -0.05) is 16.8 Å². The molecule has 2 aromatic heterocycles. The number of aromatic nitrogens is 1. The van der Waals surface area contributed by atoms with E-state index < -0.39 is 10.0 Å². The summed E-state index contributed by atoms with van der Waals surface area (Å²) < 4.78 is 37.0. The van der Waals surface area contributed by atoms with E-state index in [4.69, 9.17) is 9.26 Å². The normalized spacial score (nSPS) is 11.3. The number of thiophene rings is 1. The molecule has 8 heteroatoms. The zero-order valence-corrected chi connectivity index (χ0v) is 14.7. The van der Waals surface area contributed by atoms with Gasteiger partial charge in [0, 0.05) is 24.1 Å². The fourth-order valence-electron chi connectivity index (χ4n) is 1.88. The number of hydrogen-bond donors (Lipinski definition) is 0. The fourth-order valence-corrected chi connectivity index (χ4v) is 4.58. The number of methoxy groups -OCH3 is 1. The third-order valence-corrected chi connectivity index (χ3v) is 6.18. The first-order valence-electron chi connectivity index (χ1n) is 6.50. The zero-order valence-electron chi connectivity index (χ0n) is 13.1. The van der Waals surface area contributed by atoms with Crippen molar-refractivity contribution in [1.82, 2.24) is 5.16 Å². The van der Waals surface area contributed by atoms with Gasteiger partial charge >= 0.3 is 0 Å². The van der Waals surface area contributed by atoms with E-state index in [0.29, 0.717) is 11.5 Å². The highest BCUT2D eigenvalue weighted by Gasteiger charge is 2.30.